The minimum absolute atomic E-state index is 0.306. The van der Waals surface area contributed by atoms with E-state index in [4.69, 9.17) is 0 Å². The monoisotopic (exact) mass is 220 g/mol. The third-order valence-corrected chi connectivity index (χ3v) is 3.63. The van der Waals surface area contributed by atoms with Gasteiger partial charge in [0.15, 0.2) is 0 Å². The molecule has 16 heavy (non-hydrogen) atoms. The van der Waals surface area contributed by atoms with E-state index in [0.717, 1.165) is 31.4 Å². The van der Waals surface area contributed by atoms with Crippen LogP contribution in [0.1, 0.15) is 55.6 Å². The molecule has 0 aliphatic heterocycles. The van der Waals surface area contributed by atoms with Crippen LogP contribution < -0.4 is 0 Å². The molecule has 1 heterocycles. The molecule has 1 unspecified atom stereocenters. The Hall–Kier alpha value is -1.12. The normalized spacial score (nSPS) is 21.4. The number of rotatable bonds is 2. The SMILES string of the molecule is CCc1c(C)nn(C2CCCC(=O)C2)c1C. The average molecular weight is 220 g/mol. The largest absolute Gasteiger partial charge is 0.300 e. The van der Waals surface area contributed by atoms with Gasteiger partial charge >= 0.3 is 0 Å². The second-order valence-electron chi connectivity index (χ2n) is 4.74. The van der Waals surface area contributed by atoms with Crippen molar-refractivity contribution in [3.05, 3.63) is 17.0 Å². The second-order valence-corrected chi connectivity index (χ2v) is 4.74. The second kappa shape index (κ2) is 4.40. The summed E-state index contributed by atoms with van der Waals surface area (Å²) in [4.78, 5) is 11.5. The molecule has 3 heteroatoms. The molecule has 1 aromatic rings. The first-order valence-electron chi connectivity index (χ1n) is 6.19. The van der Waals surface area contributed by atoms with Crippen LogP contribution in [0.15, 0.2) is 0 Å². The lowest BCUT2D eigenvalue weighted by atomic mass is 9.94. The molecule has 88 valence electrons. The van der Waals surface area contributed by atoms with Crippen molar-refractivity contribution in [1.82, 2.24) is 9.78 Å². The van der Waals surface area contributed by atoms with E-state index in [9.17, 15) is 4.79 Å². The first-order chi connectivity index (χ1) is 7.63. The number of Topliss-reactive ketones (excluding diaryl/α,β-unsaturated/α-hetero) is 1. The summed E-state index contributed by atoms with van der Waals surface area (Å²) in [5.41, 5.74) is 3.72. The summed E-state index contributed by atoms with van der Waals surface area (Å²) in [7, 11) is 0. The topological polar surface area (TPSA) is 34.9 Å². The van der Waals surface area contributed by atoms with E-state index in [1.165, 1.54) is 11.3 Å². The van der Waals surface area contributed by atoms with E-state index in [0.29, 0.717) is 18.2 Å². The first-order valence-corrected chi connectivity index (χ1v) is 6.19. The van der Waals surface area contributed by atoms with Crippen LogP contribution in [0.5, 0.6) is 0 Å². The highest BCUT2D eigenvalue weighted by atomic mass is 16.1. The third kappa shape index (κ3) is 1.91. The molecule has 1 aliphatic carbocycles. The van der Waals surface area contributed by atoms with Gasteiger partial charge < -0.3 is 0 Å². The molecule has 1 aromatic heterocycles. The van der Waals surface area contributed by atoms with E-state index >= 15 is 0 Å². The van der Waals surface area contributed by atoms with Crippen molar-refractivity contribution in [2.24, 2.45) is 0 Å². The number of carbonyl (C=O) groups excluding carboxylic acids is 1. The molecule has 1 saturated carbocycles. The van der Waals surface area contributed by atoms with Gasteiger partial charge in [-0.25, -0.2) is 0 Å². The van der Waals surface area contributed by atoms with Crippen LogP contribution in [0.25, 0.3) is 0 Å². The van der Waals surface area contributed by atoms with Gasteiger partial charge in [0, 0.05) is 18.5 Å². The molecule has 2 rings (SSSR count). The van der Waals surface area contributed by atoms with Crippen LogP contribution in [0.4, 0.5) is 0 Å². The van der Waals surface area contributed by atoms with Gasteiger partial charge in [0.25, 0.3) is 0 Å². The highest BCUT2D eigenvalue weighted by molar-refractivity contribution is 5.79. The lowest BCUT2D eigenvalue weighted by Gasteiger charge is -2.22. The highest BCUT2D eigenvalue weighted by Crippen LogP contribution is 2.28. The molecule has 1 fully saturated rings. The zero-order valence-corrected chi connectivity index (χ0v) is 10.4. The molecule has 0 radical (unpaired) electrons. The highest BCUT2D eigenvalue weighted by Gasteiger charge is 2.24. The van der Waals surface area contributed by atoms with Crippen LogP contribution in [0.3, 0.4) is 0 Å². The minimum atomic E-state index is 0.306. The first kappa shape index (κ1) is 11.4. The Morgan fingerprint density at radius 2 is 2.19 bits per heavy atom. The summed E-state index contributed by atoms with van der Waals surface area (Å²) >= 11 is 0. The maximum absolute atomic E-state index is 11.5. The van der Waals surface area contributed by atoms with Gasteiger partial charge in [-0.05, 0) is 38.7 Å². The molecule has 1 atom stereocenters. The Balaban J connectivity index is 2.29. The van der Waals surface area contributed by atoms with Crippen molar-refractivity contribution in [1.29, 1.82) is 0 Å². The summed E-state index contributed by atoms with van der Waals surface area (Å²) in [6, 6.07) is 0.306. The van der Waals surface area contributed by atoms with Gasteiger partial charge in [-0.2, -0.15) is 5.10 Å². The number of aryl methyl sites for hydroxylation is 1. The Morgan fingerprint density at radius 3 is 2.75 bits per heavy atom. The summed E-state index contributed by atoms with van der Waals surface area (Å²) in [6.45, 7) is 6.35. The smallest absolute Gasteiger partial charge is 0.135 e. The minimum Gasteiger partial charge on any atom is -0.300 e. The van der Waals surface area contributed by atoms with Crippen molar-refractivity contribution in [3.8, 4) is 0 Å². The third-order valence-electron chi connectivity index (χ3n) is 3.63. The maximum atomic E-state index is 11.5. The summed E-state index contributed by atoms with van der Waals surface area (Å²) < 4.78 is 2.09. The van der Waals surface area contributed by atoms with Gasteiger partial charge in [-0.1, -0.05) is 6.92 Å². The number of carbonyl (C=O) groups is 1. The van der Waals surface area contributed by atoms with Crippen LogP contribution >= 0.6 is 0 Å². The van der Waals surface area contributed by atoms with Crippen LogP contribution in [0.2, 0.25) is 0 Å². The van der Waals surface area contributed by atoms with Crippen molar-refractivity contribution < 1.29 is 4.79 Å². The predicted octanol–water partition coefficient (Wildman–Crippen LogP) is 2.75. The lowest BCUT2D eigenvalue weighted by molar-refractivity contribution is -0.121. The summed E-state index contributed by atoms with van der Waals surface area (Å²) in [6.07, 6.45) is 4.57. The van der Waals surface area contributed by atoms with Crippen molar-refractivity contribution >= 4 is 5.78 Å². The fourth-order valence-corrected chi connectivity index (χ4v) is 2.77. The molecular formula is C13H20N2O. The van der Waals surface area contributed by atoms with E-state index < -0.39 is 0 Å². The van der Waals surface area contributed by atoms with Crippen LogP contribution in [0, 0.1) is 13.8 Å². The Bertz CT molecular complexity index is 406. The zero-order chi connectivity index (χ0) is 11.7. The van der Waals surface area contributed by atoms with Gasteiger partial charge in [-0.3, -0.25) is 9.48 Å². The number of aromatic nitrogens is 2. The Morgan fingerprint density at radius 1 is 1.44 bits per heavy atom. The van der Waals surface area contributed by atoms with Crippen LogP contribution in [-0.4, -0.2) is 15.6 Å². The molecule has 0 saturated heterocycles. The van der Waals surface area contributed by atoms with Gasteiger partial charge in [0.05, 0.1) is 11.7 Å². The van der Waals surface area contributed by atoms with Crippen molar-refractivity contribution in [3.63, 3.8) is 0 Å². The van der Waals surface area contributed by atoms with Gasteiger partial charge in [-0.15, -0.1) is 0 Å². The molecule has 0 aromatic carbocycles. The Labute approximate surface area is 96.8 Å². The fourth-order valence-electron chi connectivity index (χ4n) is 2.77. The molecule has 1 aliphatic rings. The predicted molar refractivity (Wildman–Crippen MR) is 63.6 cm³/mol. The van der Waals surface area contributed by atoms with E-state index in [2.05, 4.69) is 30.6 Å². The fraction of sp³-hybridized carbons (Fsp3) is 0.692. The molecule has 0 amide bonds. The van der Waals surface area contributed by atoms with Crippen molar-refractivity contribution in [2.45, 2.75) is 58.9 Å². The van der Waals surface area contributed by atoms with E-state index in [1.807, 2.05) is 0 Å². The summed E-state index contributed by atoms with van der Waals surface area (Å²) in [5.74, 6) is 0.391. The number of hydrogen-bond acceptors (Lipinski definition) is 2. The number of hydrogen-bond donors (Lipinski definition) is 0. The van der Waals surface area contributed by atoms with Crippen LogP contribution in [-0.2, 0) is 11.2 Å². The average Bonchev–Trinajstić information content (AvgIpc) is 2.54. The van der Waals surface area contributed by atoms with E-state index in [1.54, 1.807) is 0 Å². The zero-order valence-electron chi connectivity index (χ0n) is 10.4. The lowest BCUT2D eigenvalue weighted by Crippen LogP contribution is -2.20. The standard InChI is InChI=1S/C13H20N2O/c1-4-13-9(2)14-15(10(13)3)11-6-5-7-12(16)8-11/h11H,4-8H2,1-3H3. The van der Waals surface area contributed by atoms with E-state index in [-0.39, 0.29) is 0 Å². The van der Waals surface area contributed by atoms with Gasteiger partial charge in [0.2, 0.25) is 0 Å². The van der Waals surface area contributed by atoms with Crippen molar-refractivity contribution in [2.75, 3.05) is 0 Å². The molecule has 0 spiro atoms. The Kier molecular flexibility index (Phi) is 3.13. The molecular weight excluding hydrogens is 200 g/mol. The molecule has 0 N–H and O–H groups in total. The maximum Gasteiger partial charge on any atom is 0.135 e. The molecule has 0 bridgehead atoms. The quantitative estimate of drug-likeness (QED) is 0.768. The van der Waals surface area contributed by atoms with Gasteiger partial charge in [0.1, 0.15) is 5.78 Å². The molecule has 3 nitrogen and oxygen atoms in total. The summed E-state index contributed by atoms with van der Waals surface area (Å²) in [5, 5.41) is 4.60. The number of ketones is 1. The number of nitrogens with zero attached hydrogens (tertiary/aromatic N) is 2.